The molecule has 0 heterocycles. The lowest BCUT2D eigenvalue weighted by Gasteiger charge is -2.11. The Hall–Kier alpha value is -3.61. The molecule has 0 aliphatic carbocycles. The molecular weight excluding hydrogens is 478 g/mol. The Labute approximate surface area is 205 Å². The molecule has 5 nitrogen and oxygen atoms in total. The average molecular weight is 497 g/mol. The van der Waals surface area contributed by atoms with Gasteiger partial charge >= 0.3 is 0 Å². The summed E-state index contributed by atoms with van der Waals surface area (Å²) in [5.41, 5.74) is 3.76. The van der Waals surface area contributed by atoms with Gasteiger partial charge in [-0.15, -0.1) is 0 Å². The fourth-order valence-electron chi connectivity index (χ4n) is 3.35. The van der Waals surface area contributed by atoms with Crippen LogP contribution in [0.15, 0.2) is 77.9 Å². The van der Waals surface area contributed by atoms with Gasteiger partial charge in [0.15, 0.2) is 5.75 Å². The van der Waals surface area contributed by atoms with E-state index in [1.807, 2.05) is 24.3 Å². The predicted molar refractivity (Wildman–Crippen MR) is 133 cm³/mol. The molecule has 0 fully saturated rings. The van der Waals surface area contributed by atoms with Crippen LogP contribution in [0.1, 0.15) is 21.5 Å². The fraction of sp³-hybridized carbons (Fsp3) is 0.0769. The summed E-state index contributed by atoms with van der Waals surface area (Å²) in [6.45, 7) is -0.0246. The number of methoxy groups -OCH3 is 1. The number of rotatable bonds is 7. The molecule has 172 valence electrons. The number of carbonyl (C=O) groups is 1. The Bertz CT molecular complexity index is 1370. The molecule has 0 unspecified atom stereocenters. The molecule has 0 aliphatic rings. The predicted octanol–water partition coefficient (Wildman–Crippen LogP) is 6.64. The second kappa shape index (κ2) is 10.5. The first-order chi connectivity index (χ1) is 16.5. The van der Waals surface area contributed by atoms with Gasteiger partial charge in [0.1, 0.15) is 18.2 Å². The first kappa shape index (κ1) is 23.5. The van der Waals surface area contributed by atoms with E-state index >= 15 is 0 Å². The largest absolute Gasteiger partial charge is 0.496 e. The number of nitrogens with one attached hydrogen (secondary N) is 1. The Morgan fingerprint density at radius 2 is 1.65 bits per heavy atom. The molecule has 0 bridgehead atoms. The Morgan fingerprint density at radius 3 is 2.32 bits per heavy atom. The monoisotopic (exact) mass is 496 g/mol. The quantitative estimate of drug-likeness (QED) is 0.230. The van der Waals surface area contributed by atoms with Crippen LogP contribution in [0.5, 0.6) is 11.5 Å². The van der Waals surface area contributed by atoms with Gasteiger partial charge in [-0.1, -0.05) is 65.7 Å². The lowest BCUT2D eigenvalue weighted by atomic mass is 10.1. The zero-order chi connectivity index (χ0) is 24.1. The number of amides is 1. The number of carbonyl (C=O) groups excluding carboxylic acids is 1. The van der Waals surface area contributed by atoms with Crippen LogP contribution in [-0.2, 0) is 6.61 Å². The van der Waals surface area contributed by atoms with Gasteiger partial charge in [-0.05, 0) is 46.7 Å². The summed E-state index contributed by atoms with van der Waals surface area (Å²) < 4.78 is 24.8. The summed E-state index contributed by atoms with van der Waals surface area (Å²) in [7, 11) is 1.50. The number of hydrazone groups is 1. The lowest BCUT2D eigenvalue weighted by Crippen LogP contribution is -2.18. The molecule has 0 radical (unpaired) electrons. The van der Waals surface area contributed by atoms with Crippen molar-refractivity contribution in [3.05, 3.63) is 105 Å². The molecule has 0 spiro atoms. The summed E-state index contributed by atoms with van der Waals surface area (Å²) in [6.07, 6.45) is 1.41. The molecular formula is C26H19Cl2FN2O3. The summed E-state index contributed by atoms with van der Waals surface area (Å²) >= 11 is 12.6. The number of ether oxygens (including phenoxy) is 2. The molecule has 0 atom stereocenters. The molecule has 0 aromatic heterocycles. The number of fused-ring (bicyclic) bond motifs is 1. The van der Waals surface area contributed by atoms with Crippen LogP contribution in [0.3, 0.4) is 0 Å². The van der Waals surface area contributed by atoms with Crippen molar-refractivity contribution < 1.29 is 18.7 Å². The van der Waals surface area contributed by atoms with E-state index in [-0.39, 0.29) is 28.2 Å². The lowest BCUT2D eigenvalue weighted by molar-refractivity contribution is 0.0952. The van der Waals surface area contributed by atoms with Crippen molar-refractivity contribution in [1.82, 2.24) is 5.43 Å². The summed E-state index contributed by atoms with van der Waals surface area (Å²) in [4.78, 5) is 12.7. The van der Waals surface area contributed by atoms with Crippen LogP contribution in [0.25, 0.3) is 10.8 Å². The molecule has 0 saturated carbocycles. The van der Waals surface area contributed by atoms with Gasteiger partial charge in [-0.25, -0.2) is 9.82 Å². The van der Waals surface area contributed by atoms with Gasteiger partial charge in [0.25, 0.3) is 5.91 Å². The summed E-state index contributed by atoms with van der Waals surface area (Å²) in [5.74, 6) is -0.138. The molecule has 4 aromatic carbocycles. The first-order valence-electron chi connectivity index (χ1n) is 10.2. The van der Waals surface area contributed by atoms with Gasteiger partial charge in [0, 0.05) is 5.56 Å². The maximum atomic E-state index is 13.8. The molecule has 4 aromatic rings. The third-order valence-electron chi connectivity index (χ3n) is 5.04. The van der Waals surface area contributed by atoms with Crippen LogP contribution in [-0.4, -0.2) is 19.2 Å². The smallest absolute Gasteiger partial charge is 0.275 e. The minimum Gasteiger partial charge on any atom is -0.496 e. The van der Waals surface area contributed by atoms with Crippen LogP contribution < -0.4 is 14.9 Å². The van der Waals surface area contributed by atoms with E-state index in [9.17, 15) is 9.18 Å². The number of hydrogen-bond acceptors (Lipinski definition) is 4. The molecule has 34 heavy (non-hydrogen) atoms. The minimum atomic E-state index is -0.430. The molecule has 0 aliphatic heterocycles. The van der Waals surface area contributed by atoms with Crippen molar-refractivity contribution in [1.29, 1.82) is 0 Å². The third-order valence-corrected chi connectivity index (χ3v) is 5.60. The Balaban J connectivity index is 1.46. The third kappa shape index (κ3) is 5.30. The van der Waals surface area contributed by atoms with Gasteiger partial charge in [-0.2, -0.15) is 5.10 Å². The van der Waals surface area contributed by atoms with Gasteiger partial charge < -0.3 is 9.47 Å². The zero-order valence-electron chi connectivity index (χ0n) is 18.0. The normalized spacial score (nSPS) is 11.1. The Kier molecular flexibility index (Phi) is 7.30. The van der Waals surface area contributed by atoms with Gasteiger partial charge in [0.05, 0.1) is 28.9 Å². The van der Waals surface area contributed by atoms with Crippen LogP contribution >= 0.6 is 23.2 Å². The van der Waals surface area contributed by atoms with Crippen molar-refractivity contribution in [3.63, 3.8) is 0 Å². The minimum absolute atomic E-state index is 0.0246. The number of benzene rings is 4. The molecule has 4 rings (SSSR count). The average Bonchev–Trinajstić information content (AvgIpc) is 2.83. The fourth-order valence-corrected chi connectivity index (χ4v) is 3.96. The highest BCUT2D eigenvalue weighted by Crippen LogP contribution is 2.34. The highest BCUT2D eigenvalue weighted by Gasteiger charge is 2.14. The number of halogens is 3. The summed E-state index contributed by atoms with van der Waals surface area (Å²) in [6, 6.07) is 20.6. The topological polar surface area (TPSA) is 59.9 Å². The van der Waals surface area contributed by atoms with Crippen LogP contribution in [0, 0.1) is 5.82 Å². The number of hydrogen-bond donors (Lipinski definition) is 1. The summed E-state index contributed by atoms with van der Waals surface area (Å²) in [5, 5.41) is 6.33. The van der Waals surface area contributed by atoms with Crippen molar-refractivity contribution in [2.75, 3.05) is 7.11 Å². The highest BCUT2D eigenvalue weighted by atomic mass is 35.5. The first-order valence-corrected chi connectivity index (χ1v) is 11.0. The van der Waals surface area contributed by atoms with E-state index in [0.717, 1.165) is 10.8 Å². The van der Waals surface area contributed by atoms with Crippen LogP contribution in [0.4, 0.5) is 4.39 Å². The van der Waals surface area contributed by atoms with E-state index in [2.05, 4.69) is 10.5 Å². The van der Waals surface area contributed by atoms with E-state index in [1.165, 1.54) is 19.4 Å². The van der Waals surface area contributed by atoms with Crippen LogP contribution in [0.2, 0.25) is 10.0 Å². The van der Waals surface area contributed by atoms with E-state index in [1.54, 1.807) is 42.5 Å². The van der Waals surface area contributed by atoms with E-state index < -0.39 is 5.91 Å². The van der Waals surface area contributed by atoms with Crippen molar-refractivity contribution in [2.45, 2.75) is 6.61 Å². The van der Waals surface area contributed by atoms with E-state index in [4.69, 9.17) is 32.7 Å². The van der Waals surface area contributed by atoms with Crippen molar-refractivity contribution in [2.24, 2.45) is 5.10 Å². The van der Waals surface area contributed by atoms with Crippen molar-refractivity contribution in [3.8, 4) is 11.5 Å². The van der Waals surface area contributed by atoms with E-state index in [0.29, 0.717) is 22.4 Å². The second-order valence-corrected chi connectivity index (χ2v) is 8.11. The van der Waals surface area contributed by atoms with Crippen molar-refractivity contribution >= 4 is 46.1 Å². The second-order valence-electron chi connectivity index (χ2n) is 7.29. The molecule has 0 saturated heterocycles. The standard InChI is InChI=1S/C26H19Cl2FN2O3/c1-33-24-13-18-7-3-2-6-17(18)12-20(24)26(32)31-30-14-16-10-21(27)25(22(28)11-16)34-15-19-8-4-5-9-23(19)29/h2-14H,15H2,1H3,(H,31,32). The SMILES string of the molecule is COc1cc2ccccc2cc1C(=O)NN=Cc1cc(Cl)c(OCc2ccccc2F)c(Cl)c1. The maximum Gasteiger partial charge on any atom is 0.275 e. The van der Waals surface area contributed by atoms with Gasteiger partial charge in [0.2, 0.25) is 0 Å². The highest BCUT2D eigenvalue weighted by molar-refractivity contribution is 6.37. The molecule has 8 heteroatoms. The molecule has 1 amide bonds. The molecule has 1 N–H and O–H groups in total. The van der Waals surface area contributed by atoms with Gasteiger partial charge in [-0.3, -0.25) is 4.79 Å². The zero-order valence-corrected chi connectivity index (χ0v) is 19.5. The number of nitrogens with zero attached hydrogens (tertiary/aromatic N) is 1. The maximum absolute atomic E-state index is 13.8. The Morgan fingerprint density at radius 1 is 1.00 bits per heavy atom.